The van der Waals surface area contributed by atoms with Crippen LogP contribution in [0.3, 0.4) is 0 Å². The van der Waals surface area contributed by atoms with Crippen molar-refractivity contribution < 1.29 is 14.5 Å². The van der Waals surface area contributed by atoms with Gasteiger partial charge in [-0.05, 0) is 5.56 Å². The van der Waals surface area contributed by atoms with E-state index in [1.54, 1.807) is 12.3 Å². The molecule has 0 aromatic heterocycles. The van der Waals surface area contributed by atoms with Crippen molar-refractivity contribution in [3.05, 3.63) is 71.3 Å². The van der Waals surface area contributed by atoms with Gasteiger partial charge in [-0.3, -0.25) is 4.79 Å². The Balaban J connectivity index is 2.12. The van der Waals surface area contributed by atoms with E-state index in [1.165, 1.54) is 14.2 Å². The van der Waals surface area contributed by atoms with Crippen molar-refractivity contribution in [3.8, 4) is 0 Å². The molecular formula is C18H19N3O3. The van der Waals surface area contributed by atoms with E-state index in [4.69, 9.17) is 9.68 Å². The minimum atomic E-state index is -0.336. The van der Waals surface area contributed by atoms with Gasteiger partial charge in [0.2, 0.25) is 0 Å². The van der Waals surface area contributed by atoms with Crippen LogP contribution in [-0.4, -0.2) is 32.0 Å². The topological polar surface area (TPSA) is 72.3 Å². The summed E-state index contributed by atoms with van der Waals surface area (Å²) in [5.41, 5.74) is 2.54. The fraction of sp³-hybridized carbons (Fsp3) is 0.167. The summed E-state index contributed by atoms with van der Waals surface area (Å²) in [4.78, 5) is 22.1. The zero-order valence-corrected chi connectivity index (χ0v) is 13.6. The monoisotopic (exact) mass is 325 g/mol. The molecule has 0 aliphatic heterocycles. The molecule has 1 N–H and O–H groups in total. The number of nitrogens with one attached hydrogen (secondary N) is 1. The SMILES string of the molecule is CNC(=O)C(=NOC)c1ccccc1CON=Cc1ccccc1. The molecule has 0 spiro atoms. The second-order valence-corrected chi connectivity index (χ2v) is 4.78. The zero-order chi connectivity index (χ0) is 17.2. The number of benzene rings is 2. The summed E-state index contributed by atoms with van der Waals surface area (Å²) in [5.74, 6) is -0.336. The Morgan fingerprint density at radius 1 is 1.12 bits per heavy atom. The number of hydrogen-bond donors (Lipinski definition) is 1. The Bertz CT molecular complexity index is 727. The van der Waals surface area contributed by atoms with Gasteiger partial charge in [0.1, 0.15) is 13.7 Å². The maximum absolute atomic E-state index is 12.0. The van der Waals surface area contributed by atoms with E-state index in [9.17, 15) is 4.79 Å². The van der Waals surface area contributed by atoms with Gasteiger partial charge in [-0.2, -0.15) is 0 Å². The summed E-state index contributed by atoms with van der Waals surface area (Å²) in [6.07, 6.45) is 1.63. The molecule has 0 saturated heterocycles. The first kappa shape index (κ1) is 17.2. The van der Waals surface area contributed by atoms with Crippen molar-refractivity contribution in [3.63, 3.8) is 0 Å². The highest BCUT2D eigenvalue weighted by Crippen LogP contribution is 2.12. The van der Waals surface area contributed by atoms with Crippen LogP contribution in [0.1, 0.15) is 16.7 Å². The Kier molecular flexibility index (Phi) is 6.52. The highest BCUT2D eigenvalue weighted by atomic mass is 16.6. The second kappa shape index (κ2) is 9.09. The van der Waals surface area contributed by atoms with Crippen molar-refractivity contribution in [2.24, 2.45) is 10.3 Å². The van der Waals surface area contributed by atoms with E-state index in [2.05, 4.69) is 15.6 Å². The highest BCUT2D eigenvalue weighted by Gasteiger charge is 2.17. The van der Waals surface area contributed by atoms with E-state index in [0.717, 1.165) is 11.1 Å². The number of oxime groups is 2. The first-order valence-electron chi connectivity index (χ1n) is 7.38. The molecule has 6 nitrogen and oxygen atoms in total. The largest absolute Gasteiger partial charge is 0.398 e. The Hall–Kier alpha value is -3.15. The van der Waals surface area contributed by atoms with Gasteiger partial charge in [-0.1, -0.05) is 64.9 Å². The fourth-order valence-corrected chi connectivity index (χ4v) is 2.04. The third-order valence-corrected chi connectivity index (χ3v) is 3.19. The van der Waals surface area contributed by atoms with Crippen LogP contribution in [-0.2, 0) is 21.1 Å². The summed E-state index contributed by atoms with van der Waals surface area (Å²) >= 11 is 0. The first-order chi connectivity index (χ1) is 11.8. The zero-order valence-electron chi connectivity index (χ0n) is 13.6. The Morgan fingerprint density at radius 3 is 2.54 bits per heavy atom. The molecule has 0 heterocycles. The van der Waals surface area contributed by atoms with Crippen molar-refractivity contribution in [1.82, 2.24) is 5.32 Å². The smallest absolute Gasteiger partial charge is 0.273 e. The number of carbonyl (C=O) groups is 1. The van der Waals surface area contributed by atoms with Crippen LogP contribution in [0.5, 0.6) is 0 Å². The van der Waals surface area contributed by atoms with Gasteiger partial charge in [0.15, 0.2) is 5.71 Å². The molecule has 0 fully saturated rings. The molecule has 2 rings (SSSR count). The van der Waals surface area contributed by atoms with Crippen LogP contribution < -0.4 is 5.32 Å². The maximum atomic E-state index is 12.0. The number of amides is 1. The summed E-state index contributed by atoms with van der Waals surface area (Å²) in [6, 6.07) is 16.9. The van der Waals surface area contributed by atoms with Gasteiger partial charge in [-0.25, -0.2) is 0 Å². The molecule has 0 atom stereocenters. The Morgan fingerprint density at radius 2 is 1.83 bits per heavy atom. The summed E-state index contributed by atoms with van der Waals surface area (Å²) < 4.78 is 0. The van der Waals surface area contributed by atoms with Crippen LogP contribution >= 0.6 is 0 Å². The lowest BCUT2D eigenvalue weighted by Crippen LogP contribution is -2.29. The molecule has 2 aromatic carbocycles. The quantitative estimate of drug-likeness (QED) is 0.627. The van der Waals surface area contributed by atoms with Crippen LogP contribution in [0.2, 0.25) is 0 Å². The van der Waals surface area contributed by atoms with Crippen molar-refractivity contribution in [1.29, 1.82) is 0 Å². The van der Waals surface area contributed by atoms with Gasteiger partial charge in [-0.15, -0.1) is 0 Å². The number of likely N-dealkylation sites (N-methyl/N-ethyl adjacent to an activating group) is 1. The van der Waals surface area contributed by atoms with Gasteiger partial charge >= 0.3 is 0 Å². The molecule has 6 heteroatoms. The van der Waals surface area contributed by atoms with Crippen LogP contribution in [0.4, 0.5) is 0 Å². The number of rotatable bonds is 7. The van der Waals surface area contributed by atoms with Gasteiger partial charge in [0, 0.05) is 18.2 Å². The van der Waals surface area contributed by atoms with E-state index < -0.39 is 0 Å². The molecule has 124 valence electrons. The van der Waals surface area contributed by atoms with Crippen molar-refractivity contribution in [2.75, 3.05) is 14.2 Å². The van der Waals surface area contributed by atoms with Crippen molar-refractivity contribution in [2.45, 2.75) is 6.61 Å². The van der Waals surface area contributed by atoms with Crippen LogP contribution in [0.15, 0.2) is 64.9 Å². The molecule has 0 radical (unpaired) electrons. The first-order valence-corrected chi connectivity index (χ1v) is 7.38. The van der Waals surface area contributed by atoms with Gasteiger partial charge in [0.25, 0.3) is 5.91 Å². The van der Waals surface area contributed by atoms with E-state index in [1.807, 2.05) is 48.5 Å². The average Bonchev–Trinajstić information content (AvgIpc) is 2.64. The summed E-state index contributed by atoms with van der Waals surface area (Å²) in [5, 5.41) is 10.3. The fourth-order valence-electron chi connectivity index (χ4n) is 2.04. The Labute approximate surface area is 140 Å². The predicted octanol–water partition coefficient (Wildman–Crippen LogP) is 2.33. The lowest BCUT2D eigenvalue weighted by Gasteiger charge is -2.09. The van der Waals surface area contributed by atoms with Gasteiger partial charge in [0.05, 0.1) is 6.21 Å². The lowest BCUT2D eigenvalue weighted by atomic mass is 10.0. The lowest BCUT2D eigenvalue weighted by molar-refractivity contribution is -0.114. The third kappa shape index (κ3) is 4.67. The molecule has 0 saturated carbocycles. The molecule has 0 bridgehead atoms. The second-order valence-electron chi connectivity index (χ2n) is 4.78. The van der Waals surface area contributed by atoms with E-state index in [-0.39, 0.29) is 18.2 Å². The number of carbonyl (C=O) groups excluding carboxylic acids is 1. The van der Waals surface area contributed by atoms with Crippen molar-refractivity contribution >= 4 is 17.8 Å². The average molecular weight is 325 g/mol. The maximum Gasteiger partial charge on any atom is 0.273 e. The third-order valence-electron chi connectivity index (χ3n) is 3.19. The highest BCUT2D eigenvalue weighted by molar-refractivity contribution is 6.45. The number of nitrogens with zero attached hydrogens (tertiary/aromatic N) is 2. The number of hydrogen-bond acceptors (Lipinski definition) is 5. The minimum absolute atomic E-state index is 0.186. The van der Waals surface area contributed by atoms with Gasteiger partial charge < -0.3 is 15.0 Å². The van der Waals surface area contributed by atoms with E-state index >= 15 is 0 Å². The van der Waals surface area contributed by atoms with Crippen LogP contribution in [0, 0.1) is 0 Å². The van der Waals surface area contributed by atoms with E-state index in [0.29, 0.717) is 5.56 Å². The summed E-state index contributed by atoms with van der Waals surface area (Å²) in [6.45, 7) is 0.208. The standard InChI is InChI=1S/C18H19N3O3/c1-19-18(22)17(21-23-2)16-11-7-6-10-15(16)13-24-20-12-14-8-4-3-5-9-14/h3-12H,13H2,1-2H3,(H,19,22). The molecule has 0 aliphatic rings. The normalized spacial score (nSPS) is 11.3. The molecule has 0 unspecified atom stereocenters. The predicted molar refractivity (Wildman–Crippen MR) is 92.9 cm³/mol. The summed E-state index contributed by atoms with van der Waals surface area (Å²) in [7, 11) is 2.93. The molecule has 1 amide bonds. The minimum Gasteiger partial charge on any atom is -0.398 e. The molecule has 24 heavy (non-hydrogen) atoms. The molecule has 2 aromatic rings. The molecule has 0 aliphatic carbocycles. The van der Waals surface area contributed by atoms with Crippen LogP contribution in [0.25, 0.3) is 0 Å². The molecular weight excluding hydrogens is 306 g/mol.